The van der Waals surface area contributed by atoms with E-state index in [0.29, 0.717) is 34.8 Å². The summed E-state index contributed by atoms with van der Waals surface area (Å²) in [6, 6.07) is 6.78. The van der Waals surface area contributed by atoms with Crippen LogP contribution in [0.2, 0.25) is 0 Å². The number of nitrogens with one attached hydrogen (secondary N) is 2. The second-order valence-corrected chi connectivity index (χ2v) is 18.1. The summed E-state index contributed by atoms with van der Waals surface area (Å²) in [6.07, 6.45) is 8.59. The van der Waals surface area contributed by atoms with E-state index in [1.54, 1.807) is 30.2 Å². The molecule has 1 unspecified atom stereocenters. The van der Waals surface area contributed by atoms with E-state index in [4.69, 9.17) is 14.5 Å². The van der Waals surface area contributed by atoms with Crippen LogP contribution in [0.1, 0.15) is 91.9 Å². The third-order valence-electron chi connectivity index (χ3n) is 14.0. The van der Waals surface area contributed by atoms with E-state index in [2.05, 4.69) is 50.3 Å². The van der Waals surface area contributed by atoms with Gasteiger partial charge in [0.1, 0.15) is 31.9 Å². The fraction of sp³-hybridized carbons (Fsp3) is 0.523. The Morgan fingerprint density at radius 3 is 2.67 bits per heavy atom. The Morgan fingerprint density at radius 1 is 1.12 bits per heavy atom. The summed E-state index contributed by atoms with van der Waals surface area (Å²) in [5.41, 5.74) is 1.11. The van der Waals surface area contributed by atoms with Crippen LogP contribution in [0.5, 0.6) is 0 Å². The number of morpholine rings is 1. The molecule has 17 nitrogen and oxygen atoms in total. The van der Waals surface area contributed by atoms with Crippen LogP contribution in [-0.4, -0.2) is 122 Å². The zero-order valence-corrected chi connectivity index (χ0v) is 35.8. The highest BCUT2D eigenvalue weighted by molar-refractivity contribution is 6.13. The van der Waals surface area contributed by atoms with Crippen LogP contribution in [0, 0.1) is 17.8 Å². The van der Waals surface area contributed by atoms with E-state index in [9.17, 15) is 28.0 Å². The molecule has 10 rings (SSSR count). The number of hydrogen-bond acceptors (Lipinski definition) is 11. The molecular formula is C44H50BF2N11O6. The Kier molecular flexibility index (Phi) is 11.1. The van der Waals surface area contributed by atoms with Crippen molar-refractivity contribution in [3.8, 4) is 11.8 Å². The Bertz CT molecular complexity index is 2760. The molecule has 8 heterocycles. The van der Waals surface area contributed by atoms with Crippen LogP contribution in [-0.2, 0) is 31.5 Å². The molecule has 1 aromatic carbocycles. The van der Waals surface area contributed by atoms with Crippen molar-refractivity contribution in [1.82, 2.24) is 43.7 Å². The first kappa shape index (κ1) is 42.1. The highest BCUT2D eigenvalue weighted by Crippen LogP contribution is 2.39. The van der Waals surface area contributed by atoms with E-state index >= 15 is 0 Å². The molecule has 4 aliphatic heterocycles. The number of piperidine rings is 2. The van der Waals surface area contributed by atoms with E-state index < -0.39 is 35.4 Å². The number of imidazole rings is 1. The summed E-state index contributed by atoms with van der Waals surface area (Å²) in [4.78, 5) is 60.6. The summed E-state index contributed by atoms with van der Waals surface area (Å²) in [7, 11) is 3.71. The van der Waals surface area contributed by atoms with Crippen LogP contribution in [0.3, 0.4) is 0 Å². The number of hydrogen-bond donors (Lipinski definition) is 2. The lowest BCUT2D eigenvalue weighted by Gasteiger charge is -2.40. The van der Waals surface area contributed by atoms with Gasteiger partial charge in [0.05, 0.1) is 53.3 Å². The molecule has 20 heteroatoms. The van der Waals surface area contributed by atoms with Gasteiger partial charge in [-0.3, -0.25) is 33.5 Å². The molecule has 5 fully saturated rings. The molecule has 0 radical (unpaired) electrons. The first-order chi connectivity index (χ1) is 30.9. The van der Waals surface area contributed by atoms with Crippen molar-refractivity contribution in [3.63, 3.8) is 0 Å². The average Bonchev–Trinajstić information content (AvgIpc) is 4.14. The molecule has 1 aliphatic carbocycles. The molecule has 2 N–H and O–H groups in total. The van der Waals surface area contributed by atoms with Crippen LogP contribution < -0.4 is 21.2 Å². The van der Waals surface area contributed by atoms with Crippen molar-refractivity contribution in [2.24, 2.45) is 13.0 Å². The van der Waals surface area contributed by atoms with E-state index in [0.717, 1.165) is 76.9 Å². The van der Waals surface area contributed by atoms with Gasteiger partial charge in [0.25, 0.3) is 12.3 Å². The Balaban J connectivity index is 0.712. The van der Waals surface area contributed by atoms with Gasteiger partial charge in [0.15, 0.2) is 11.3 Å². The van der Waals surface area contributed by atoms with Gasteiger partial charge in [-0.15, -0.1) is 0 Å². The van der Waals surface area contributed by atoms with Gasteiger partial charge >= 0.3 is 5.69 Å². The van der Waals surface area contributed by atoms with E-state index in [1.807, 2.05) is 18.2 Å². The Morgan fingerprint density at radius 2 is 1.94 bits per heavy atom. The van der Waals surface area contributed by atoms with Gasteiger partial charge in [-0.25, -0.2) is 23.1 Å². The molecule has 1 saturated carbocycles. The number of imide groups is 1. The van der Waals surface area contributed by atoms with Crippen molar-refractivity contribution < 1.29 is 32.6 Å². The highest BCUT2D eigenvalue weighted by atomic mass is 19.3. The number of rotatable bonds is 10. The van der Waals surface area contributed by atoms with E-state index in [-0.39, 0.29) is 60.5 Å². The predicted octanol–water partition coefficient (Wildman–Crippen LogP) is 2.73. The van der Waals surface area contributed by atoms with Crippen LogP contribution in [0.4, 0.5) is 20.3 Å². The minimum absolute atomic E-state index is 0.0186. The number of para-hydroxylation sites is 1. The SMILES string of the molecule is B[C@]1(n2cc(NC(=O)c3cnn4ccc(N5C[C@H]6C[C@@H]5CO6)nc34)c(C(F)F)n2)CC[C@H](CN2CCC(OCC#Cc3cccc4c3n(C)c(=O)n4C3CCC(=O)NC3=O)CC2)CC1. The number of ether oxygens (including phenoxy) is 2. The maximum atomic E-state index is 14.4. The molecule has 64 heavy (non-hydrogen) atoms. The standard InChI is InChI=1S/C44H50BF2N11O6/c1-53-38-27(4-2-6-33(38)58(43(53)62)34-7-8-36(59)51-42(34)61)5-3-19-63-29-11-16-54(17-12-29)22-26-9-14-44(45,15-10-26)57-24-32(37(52-57)39(46)47)49-41(60)31-21-48-56-18-13-35(50-40(31)56)55-23-30-20-28(55)25-64-30/h2,4,6,13,18,21,24,26,28-30,34,39H,7-12,14-17,19-20,22-23,25,45H2,1H3,(H,49,60)(H,51,59,61)/t26-,28-,30-,34?,44-/m1/s1. The molecule has 4 aromatic heterocycles. The fourth-order valence-corrected chi connectivity index (χ4v) is 10.4. The molecule has 2 bridgehead atoms. The van der Waals surface area contributed by atoms with Crippen molar-refractivity contribution in [3.05, 3.63) is 70.2 Å². The summed E-state index contributed by atoms with van der Waals surface area (Å²) in [5.74, 6) is 6.09. The predicted molar refractivity (Wildman–Crippen MR) is 233 cm³/mol. The number of carbonyl (C=O) groups excluding carboxylic acids is 3. The van der Waals surface area contributed by atoms with Crippen molar-refractivity contribution >= 4 is 53.8 Å². The Hall–Kier alpha value is -5.91. The van der Waals surface area contributed by atoms with Gasteiger partial charge < -0.3 is 24.6 Å². The minimum atomic E-state index is -2.88. The monoisotopic (exact) mass is 877 g/mol. The zero-order valence-electron chi connectivity index (χ0n) is 35.8. The normalized spacial score (nSPS) is 25.3. The van der Waals surface area contributed by atoms with Crippen LogP contribution >= 0.6 is 0 Å². The highest BCUT2D eigenvalue weighted by Gasteiger charge is 2.40. The largest absolute Gasteiger partial charge is 0.374 e. The summed E-state index contributed by atoms with van der Waals surface area (Å²) >= 11 is 0. The third-order valence-corrected chi connectivity index (χ3v) is 14.0. The molecule has 3 atom stereocenters. The number of alkyl halides is 2. The van der Waals surface area contributed by atoms with Crippen LogP contribution in [0.25, 0.3) is 16.7 Å². The fourth-order valence-electron chi connectivity index (χ4n) is 10.4. The first-order valence-corrected chi connectivity index (χ1v) is 22.2. The molecule has 3 amide bonds. The van der Waals surface area contributed by atoms with Gasteiger partial charge in [0.2, 0.25) is 11.8 Å². The number of aryl methyl sites for hydroxylation is 1. The van der Waals surface area contributed by atoms with E-state index in [1.165, 1.54) is 19.8 Å². The van der Waals surface area contributed by atoms with Gasteiger partial charge in [-0.1, -0.05) is 17.9 Å². The third kappa shape index (κ3) is 7.87. The molecular weight excluding hydrogens is 827 g/mol. The van der Waals surface area contributed by atoms with Crippen molar-refractivity contribution in [2.45, 2.75) is 93.9 Å². The number of halogens is 2. The second kappa shape index (κ2) is 16.9. The molecule has 5 aliphatic rings. The number of aromatic nitrogens is 7. The maximum Gasteiger partial charge on any atom is 0.329 e. The van der Waals surface area contributed by atoms with Crippen molar-refractivity contribution in [2.75, 3.05) is 49.6 Å². The first-order valence-electron chi connectivity index (χ1n) is 22.2. The van der Waals surface area contributed by atoms with Gasteiger partial charge in [0, 0.05) is 57.5 Å². The lowest BCUT2D eigenvalue weighted by atomic mass is 9.65. The zero-order chi connectivity index (χ0) is 44.3. The number of carbonyl (C=O) groups is 3. The minimum Gasteiger partial charge on any atom is -0.374 e. The van der Waals surface area contributed by atoms with Gasteiger partial charge in [-0.05, 0) is 75.5 Å². The quantitative estimate of drug-likeness (QED) is 0.120. The smallest absolute Gasteiger partial charge is 0.329 e. The number of nitrogens with zero attached hydrogens (tertiary/aromatic N) is 9. The summed E-state index contributed by atoms with van der Waals surface area (Å²) < 4.78 is 46.8. The molecule has 334 valence electrons. The summed E-state index contributed by atoms with van der Waals surface area (Å²) in [6.45, 7) is 4.37. The maximum absolute atomic E-state index is 14.4. The lowest BCUT2D eigenvalue weighted by molar-refractivity contribution is -0.135. The number of anilines is 2. The van der Waals surface area contributed by atoms with Gasteiger partial charge in [-0.2, -0.15) is 10.2 Å². The summed E-state index contributed by atoms with van der Waals surface area (Å²) in [5, 5.41) is 13.7. The van der Waals surface area contributed by atoms with Crippen LogP contribution in [0.15, 0.2) is 47.7 Å². The molecule has 5 aromatic rings. The lowest BCUT2D eigenvalue weighted by Crippen LogP contribution is -2.44. The number of benzene rings is 1. The topological polar surface area (TPSA) is 175 Å². The number of likely N-dealkylation sites (tertiary alicyclic amines) is 1. The molecule has 0 spiro atoms. The Labute approximate surface area is 367 Å². The molecule has 4 saturated heterocycles. The number of fused-ring (bicyclic) bond motifs is 4. The second-order valence-electron chi connectivity index (χ2n) is 18.1. The van der Waals surface area contributed by atoms with Crippen molar-refractivity contribution in [1.29, 1.82) is 0 Å². The number of amides is 3. The average molecular weight is 878 g/mol.